The van der Waals surface area contributed by atoms with Gasteiger partial charge < -0.3 is 10.0 Å². The number of carboxylic acids is 1. The van der Waals surface area contributed by atoms with Gasteiger partial charge in [-0.1, -0.05) is 44.2 Å². The number of carboxylic acid groups (broad SMARTS) is 1. The predicted octanol–water partition coefficient (Wildman–Crippen LogP) is 3.92. The van der Waals surface area contributed by atoms with Crippen molar-refractivity contribution in [2.24, 2.45) is 11.8 Å². The van der Waals surface area contributed by atoms with Crippen molar-refractivity contribution in [3.63, 3.8) is 0 Å². The van der Waals surface area contributed by atoms with Crippen LogP contribution in [0.25, 0.3) is 0 Å². The van der Waals surface area contributed by atoms with Crippen molar-refractivity contribution in [2.45, 2.75) is 51.9 Å². The van der Waals surface area contributed by atoms with Gasteiger partial charge in [0.25, 0.3) is 0 Å². The number of hydrogen-bond donors (Lipinski definition) is 1. The minimum Gasteiger partial charge on any atom is -0.481 e. The topological polar surface area (TPSA) is 57.6 Å². The quantitative estimate of drug-likeness (QED) is 0.824. The molecule has 0 aromatic heterocycles. The van der Waals surface area contributed by atoms with Crippen molar-refractivity contribution in [3.05, 3.63) is 35.9 Å². The maximum atomic E-state index is 12.8. The molecule has 1 aromatic carbocycles. The Labute approximate surface area is 144 Å². The summed E-state index contributed by atoms with van der Waals surface area (Å²) < 4.78 is 0. The molecule has 132 valence electrons. The van der Waals surface area contributed by atoms with Gasteiger partial charge in [0.15, 0.2) is 0 Å². The lowest BCUT2D eigenvalue weighted by Crippen LogP contribution is -2.40. The highest BCUT2D eigenvalue weighted by Crippen LogP contribution is 2.30. The molecule has 1 aliphatic rings. The molecule has 1 aliphatic heterocycles. The molecule has 2 unspecified atom stereocenters. The Bertz CT molecular complexity index is 541. The van der Waals surface area contributed by atoms with Gasteiger partial charge in [-0.05, 0) is 42.6 Å². The molecule has 4 heteroatoms. The van der Waals surface area contributed by atoms with E-state index in [1.807, 2.05) is 23.1 Å². The summed E-state index contributed by atoms with van der Waals surface area (Å²) in [4.78, 5) is 25.5. The van der Waals surface area contributed by atoms with Crippen molar-refractivity contribution in [1.29, 1.82) is 0 Å². The second-order valence-electron chi connectivity index (χ2n) is 7.25. The molecule has 24 heavy (non-hydrogen) atoms. The van der Waals surface area contributed by atoms with E-state index in [0.29, 0.717) is 31.2 Å². The predicted molar refractivity (Wildman–Crippen MR) is 94.8 cm³/mol. The van der Waals surface area contributed by atoms with Crippen LogP contribution in [0.15, 0.2) is 30.3 Å². The molecule has 0 bridgehead atoms. The highest BCUT2D eigenvalue weighted by Gasteiger charge is 2.27. The first kappa shape index (κ1) is 18.5. The molecule has 1 fully saturated rings. The van der Waals surface area contributed by atoms with E-state index in [2.05, 4.69) is 26.0 Å². The molecule has 2 rings (SSSR count). The van der Waals surface area contributed by atoms with Gasteiger partial charge in [0.05, 0.1) is 0 Å². The zero-order chi connectivity index (χ0) is 17.5. The van der Waals surface area contributed by atoms with Gasteiger partial charge in [-0.15, -0.1) is 0 Å². The lowest BCUT2D eigenvalue weighted by Gasteiger charge is -2.34. The van der Waals surface area contributed by atoms with E-state index in [4.69, 9.17) is 5.11 Å². The van der Waals surface area contributed by atoms with Crippen molar-refractivity contribution in [3.8, 4) is 0 Å². The molecular weight excluding hydrogens is 302 g/mol. The van der Waals surface area contributed by atoms with Gasteiger partial charge in [-0.3, -0.25) is 9.59 Å². The zero-order valence-corrected chi connectivity index (χ0v) is 14.8. The lowest BCUT2D eigenvalue weighted by molar-refractivity contribution is -0.137. The van der Waals surface area contributed by atoms with Gasteiger partial charge in [-0.25, -0.2) is 0 Å². The molecule has 2 atom stereocenters. The summed E-state index contributed by atoms with van der Waals surface area (Å²) in [7, 11) is 0. The highest BCUT2D eigenvalue weighted by atomic mass is 16.4. The number of nitrogens with zero attached hydrogens (tertiary/aromatic N) is 1. The smallest absolute Gasteiger partial charge is 0.303 e. The number of aliphatic carboxylic acids is 1. The molecular formula is C20H29NO3. The lowest BCUT2D eigenvalue weighted by atomic mass is 9.85. The normalized spacial score (nSPS) is 19.3. The fourth-order valence-electron chi connectivity index (χ4n) is 3.61. The second-order valence-corrected chi connectivity index (χ2v) is 7.25. The summed E-state index contributed by atoms with van der Waals surface area (Å²) >= 11 is 0. The number of rotatable bonds is 7. The van der Waals surface area contributed by atoms with Crippen molar-refractivity contribution >= 4 is 11.9 Å². The number of carbonyl (C=O) groups is 2. The molecule has 1 heterocycles. The monoisotopic (exact) mass is 331 g/mol. The van der Waals surface area contributed by atoms with Crippen LogP contribution < -0.4 is 0 Å². The van der Waals surface area contributed by atoms with E-state index in [9.17, 15) is 9.59 Å². The molecule has 1 aromatic rings. The van der Waals surface area contributed by atoms with Gasteiger partial charge in [-0.2, -0.15) is 0 Å². The number of hydrogen-bond acceptors (Lipinski definition) is 2. The highest BCUT2D eigenvalue weighted by molar-refractivity contribution is 5.77. The molecule has 0 saturated carbocycles. The van der Waals surface area contributed by atoms with Crippen molar-refractivity contribution in [1.82, 2.24) is 4.90 Å². The summed E-state index contributed by atoms with van der Waals surface area (Å²) in [5, 5.41) is 8.84. The number of likely N-dealkylation sites (tertiary alicyclic amines) is 1. The Hall–Kier alpha value is -1.84. The average molecular weight is 331 g/mol. The molecule has 0 radical (unpaired) electrons. The average Bonchev–Trinajstić information content (AvgIpc) is 2.58. The summed E-state index contributed by atoms with van der Waals surface area (Å²) in [6.45, 7) is 5.85. The summed E-state index contributed by atoms with van der Waals surface area (Å²) in [5.74, 6) is 0.426. The van der Waals surface area contributed by atoms with Crippen LogP contribution in [-0.2, 0) is 9.59 Å². The van der Waals surface area contributed by atoms with E-state index >= 15 is 0 Å². The van der Waals surface area contributed by atoms with E-state index in [1.54, 1.807) is 0 Å². The summed E-state index contributed by atoms with van der Waals surface area (Å²) in [6.07, 6.45) is 3.42. The maximum absolute atomic E-state index is 12.8. The number of piperidine rings is 1. The SMILES string of the molecule is CC(C)C(CC(=O)N1CCCC(CCC(=O)O)C1)c1ccccc1. The molecule has 1 amide bonds. The molecule has 0 spiro atoms. The molecule has 4 nitrogen and oxygen atoms in total. The Morgan fingerprint density at radius 3 is 2.58 bits per heavy atom. The van der Waals surface area contributed by atoms with Crippen LogP contribution in [0.3, 0.4) is 0 Å². The van der Waals surface area contributed by atoms with Gasteiger partial charge >= 0.3 is 5.97 Å². The van der Waals surface area contributed by atoms with Crippen molar-refractivity contribution in [2.75, 3.05) is 13.1 Å². The number of benzene rings is 1. The number of amides is 1. The van der Waals surface area contributed by atoms with Crippen LogP contribution in [0.2, 0.25) is 0 Å². The number of carbonyl (C=O) groups excluding carboxylic acids is 1. The van der Waals surface area contributed by atoms with Crippen molar-refractivity contribution < 1.29 is 14.7 Å². The van der Waals surface area contributed by atoms with Gasteiger partial charge in [0, 0.05) is 25.9 Å². The minimum absolute atomic E-state index is 0.200. The van der Waals surface area contributed by atoms with Crippen LogP contribution in [-0.4, -0.2) is 35.0 Å². The van der Waals surface area contributed by atoms with Crippen LogP contribution in [0, 0.1) is 11.8 Å². The first-order valence-electron chi connectivity index (χ1n) is 9.02. The standard InChI is InChI=1S/C20H29NO3/c1-15(2)18(17-8-4-3-5-9-17)13-19(22)21-12-6-7-16(14-21)10-11-20(23)24/h3-5,8-9,15-16,18H,6-7,10-14H2,1-2H3,(H,23,24). The Kier molecular flexibility index (Phi) is 6.83. The maximum Gasteiger partial charge on any atom is 0.303 e. The zero-order valence-electron chi connectivity index (χ0n) is 14.8. The largest absolute Gasteiger partial charge is 0.481 e. The van der Waals surface area contributed by atoms with Crippen LogP contribution in [0.4, 0.5) is 0 Å². The summed E-state index contributed by atoms with van der Waals surface area (Å²) in [5.41, 5.74) is 1.22. The van der Waals surface area contributed by atoms with E-state index in [1.165, 1.54) is 5.56 Å². The fourth-order valence-corrected chi connectivity index (χ4v) is 3.61. The Balaban J connectivity index is 1.95. The van der Waals surface area contributed by atoms with Gasteiger partial charge in [0.2, 0.25) is 5.91 Å². The Morgan fingerprint density at radius 1 is 1.25 bits per heavy atom. The third kappa shape index (κ3) is 5.36. The molecule has 0 aliphatic carbocycles. The van der Waals surface area contributed by atoms with Crippen LogP contribution >= 0.6 is 0 Å². The van der Waals surface area contributed by atoms with Gasteiger partial charge in [0.1, 0.15) is 0 Å². The van der Waals surface area contributed by atoms with Crippen LogP contribution in [0.5, 0.6) is 0 Å². The Morgan fingerprint density at radius 2 is 1.96 bits per heavy atom. The third-order valence-corrected chi connectivity index (χ3v) is 5.07. The van der Waals surface area contributed by atoms with Crippen LogP contribution in [0.1, 0.15) is 57.4 Å². The minimum atomic E-state index is -0.748. The second kappa shape index (κ2) is 8.86. The van der Waals surface area contributed by atoms with E-state index < -0.39 is 5.97 Å². The first-order chi connectivity index (χ1) is 11.5. The first-order valence-corrected chi connectivity index (χ1v) is 9.02. The molecule has 1 N–H and O–H groups in total. The van der Waals surface area contributed by atoms with E-state index in [-0.39, 0.29) is 18.2 Å². The fraction of sp³-hybridized carbons (Fsp3) is 0.600. The van der Waals surface area contributed by atoms with E-state index in [0.717, 1.165) is 19.4 Å². The third-order valence-electron chi connectivity index (χ3n) is 5.07. The summed E-state index contributed by atoms with van der Waals surface area (Å²) in [6, 6.07) is 10.3. The molecule has 1 saturated heterocycles.